The number of ether oxygens (including phenoxy) is 1. The third-order valence-electron chi connectivity index (χ3n) is 6.39. The number of anilines is 1. The highest BCUT2D eigenvalue weighted by molar-refractivity contribution is 7.21. The maximum Gasteiger partial charge on any atom is 0.303 e. The van der Waals surface area contributed by atoms with Crippen LogP contribution < -0.4 is 10.6 Å². The van der Waals surface area contributed by atoms with Crippen LogP contribution in [0.15, 0.2) is 53.2 Å². The van der Waals surface area contributed by atoms with Crippen LogP contribution in [0.3, 0.4) is 0 Å². The van der Waals surface area contributed by atoms with Gasteiger partial charge in [0.1, 0.15) is 15.6 Å². The predicted molar refractivity (Wildman–Crippen MR) is 140 cm³/mol. The quantitative estimate of drug-likeness (QED) is 0.188. The van der Waals surface area contributed by atoms with Crippen molar-refractivity contribution in [3.05, 3.63) is 58.8 Å². The maximum atomic E-state index is 13.1. The second kappa shape index (κ2) is 8.34. The molecule has 0 spiro atoms. The highest BCUT2D eigenvalue weighted by atomic mass is 35.5. The molecule has 5 rings (SSSR count). The third-order valence-corrected chi connectivity index (χ3v) is 7.63. The van der Waals surface area contributed by atoms with Gasteiger partial charge in [0.15, 0.2) is 0 Å². The van der Waals surface area contributed by atoms with Crippen LogP contribution in [0.5, 0.6) is 0 Å². The lowest BCUT2D eigenvalue weighted by Crippen LogP contribution is -2.57. The Morgan fingerprint density at radius 1 is 1.33 bits per heavy atom. The molecule has 2 aliphatic heterocycles. The van der Waals surface area contributed by atoms with Crippen LogP contribution in [0.2, 0.25) is 0 Å². The minimum Gasteiger partial charge on any atom is -0.392 e. The number of aliphatic hydroxyl groups excluding tert-OH is 1. The summed E-state index contributed by atoms with van der Waals surface area (Å²) in [6.07, 6.45) is 1.86. The van der Waals surface area contributed by atoms with Crippen LogP contribution in [0, 0.1) is 0 Å². The van der Waals surface area contributed by atoms with Crippen molar-refractivity contribution in [1.82, 2.24) is 10.3 Å². The molecule has 5 N–H and O–H groups in total. The van der Waals surface area contributed by atoms with Crippen molar-refractivity contribution >= 4 is 60.7 Å². The zero-order valence-corrected chi connectivity index (χ0v) is 21.4. The molecule has 1 saturated heterocycles. The Hall–Kier alpha value is -2.86. The van der Waals surface area contributed by atoms with Gasteiger partial charge in [-0.1, -0.05) is 30.3 Å². The van der Waals surface area contributed by atoms with Gasteiger partial charge in [0.2, 0.25) is 5.72 Å². The van der Waals surface area contributed by atoms with Gasteiger partial charge < -0.3 is 26.0 Å². The van der Waals surface area contributed by atoms with Crippen molar-refractivity contribution in [3.8, 4) is 0 Å². The van der Waals surface area contributed by atoms with E-state index < -0.39 is 23.1 Å². The van der Waals surface area contributed by atoms with E-state index in [0.29, 0.717) is 50.0 Å². The molecule has 9 nitrogen and oxygen atoms in total. The van der Waals surface area contributed by atoms with Gasteiger partial charge in [0, 0.05) is 27.6 Å². The Bertz CT molecular complexity index is 1500. The number of allylic oxidation sites excluding steroid dienone is 1. The molecule has 0 radical (unpaired) electrons. The van der Waals surface area contributed by atoms with Crippen LogP contribution in [0.4, 0.5) is 5.69 Å². The number of benzene rings is 1. The fourth-order valence-corrected chi connectivity index (χ4v) is 5.75. The summed E-state index contributed by atoms with van der Waals surface area (Å²) in [5.74, 6) is -2.44. The number of aromatic nitrogens is 1. The summed E-state index contributed by atoms with van der Waals surface area (Å²) in [6.45, 7) is 8.07. The smallest absolute Gasteiger partial charge is 0.303 e. The molecule has 3 aromatic rings. The first-order chi connectivity index (χ1) is 16.9. The molecule has 36 heavy (non-hydrogen) atoms. The zero-order valence-electron chi connectivity index (χ0n) is 19.8. The summed E-state index contributed by atoms with van der Waals surface area (Å²) >= 11 is 7.27. The number of fused-ring (bicyclic) bond motifs is 6. The van der Waals surface area contributed by atoms with E-state index in [9.17, 15) is 20.1 Å². The number of carbonyl (C=O) groups is 1. The molecule has 0 bridgehead atoms. The summed E-state index contributed by atoms with van der Waals surface area (Å²) in [6, 6.07) is 7.45. The minimum atomic E-state index is -1.97. The van der Waals surface area contributed by atoms with E-state index in [1.165, 1.54) is 25.2 Å². The van der Waals surface area contributed by atoms with Crippen LogP contribution in [-0.2, 0) is 11.2 Å². The van der Waals surface area contributed by atoms with Gasteiger partial charge in [-0.05, 0) is 44.5 Å². The number of halogens is 1. The Labute approximate surface area is 215 Å². The van der Waals surface area contributed by atoms with E-state index in [4.69, 9.17) is 21.3 Å². The summed E-state index contributed by atoms with van der Waals surface area (Å²) in [7, 11) is 0. The number of nitrogens with one attached hydrogen (secondary N) is 2. The molecule has 0 aliphatic carbocycles. The molecule has 11 heteroatoms. The molecule has 1 aromatic carbocycles. The van der Waals surface area contributed by atoms with E-state index in [0.717, 1.165) is 10.1 Å². The van der Waals surface area contributed by atoms with Crippen molar-refractivity contribution in [2.45, 2.75) is 44.4 Å². The number of thiophene rings is 1. The minimum absolute atomic E-state index is 0.230. The van der Waals surface area contributed by atoms with Crippen LogP contribution in [0.1, 0.15) is 36.1 Å². The fraction of sp³-hybridized carbons (Fsp3) is 0.320. The van der Waals surface area contributed by atoms with Crippen molar-refractivity contribution in [3.63, 3.8) is 0 Å². The molecule has 1 amide bonds. The highest BCUT2D eigenvalue weighted by Gasteiger charge is 2.80. The summed E-state index contributed by atoms with van der Waals surface area (Å²) in [5, 5.41) is 38.8. The average molecular weight is 529 g/mol. The van der Waals surface area contributed by atoms with Gasteiger partial charge >= 0.3 is 5.91 Å². The van der Waals surface area contributed by atoms with E-state index in [-0.39, 0.29) is 6.61 Å². The number of pyridine rings is 1. The molecule has 1 fully saturated rings. The van der Waals surface area contributed by atoms with E-state index in [1.807, 2.05) is 24.3 Å². The lowest BCUT2D eigenvalue weighted by Gasteiger charge is -2.27. The number of hydrogen-bond donors (Lipinski definition) is 5. The molecular weight excluding hydrogens is 504 g/mol. The number of rotatable bonds is 6. The van der Waals surface area contributed by atoms with Crippen molar-refractivity contribution < 1.29 is 24.9 Å². The molecule has 0 saturated carbocycles. The number of aliphatic imine (C=N–C) groups is 1. The highest BCUT2D eigenvalue weighted by Crippen LogP contribution is 2.55. The molecule has 2 aliphatic rings. The van der Waals surface area contributed by atoms with Crippen molar-refractivity contribution in [1.29, 1.82) is 0 Å². The monoisotopic (exact) mass is 528 g/mol. The molecule has 4 heterocycles. The Balaban J connectivity index is 1.61. The normalized spacial score (nSPS) is 24.4. The van der Waals surface area contributed by atoms with Crippen molar-refractivity contribution in [2.24, 2.45) is 4.99 Å². The van der Waals surface area contributed by atoms with Gasteiger partial charge in [-0.25, -0.2) is 4.99 Å². The third kappa shape index (κ3) is 3.73. The number of epoxide rings is 1. The zero-order chi connectivity index (χ0) is 26.0. The second-order valence-electron chi connectivity index (χ2n) is 9.30. The molecule has 2 unspecified atom stereocenters. The summed E-state index contributed by atoms with van der Waals surface area (Å²) in [5.41, 5.74) is -0.345. The summed E-state index contributed by atoms with van der Waals surface area (Å²) < 4.78 is 6.31. The van der Waals surface area contributed by atoms with Gasteiger partial charge in [-0.15, -0.1) is 11.3 Å². The van der Waals surface area contributed by atoms with Gasteiger partial charge in [-0.3, -0.25) is 14.5 Å². The predicted octanol–water partition coefficient (Wildman–Crippen LogP) is 3.38. The average Bonchev–Trinajstić information content (AvgIpc) is 3.25. The first-order valence-electron chi connectivity index (χ1n) is 11.2. The number of hydrogen-bond acceptors (Lipinski definition) is 9. The molecule has 2 aromatic heterocycles. The summed E-state index contributed by atoms with van der Waals surface area (Å²) in [4.78, 5) is 22.6. The fourth-order valence-electron chi connectivity index (χ4n) is 4.58. The SMILES string of the molecule is C=C/C(CO)=C(/Cc1ccc2c(ccc3sc4c(c32)NC2(O)OC2(C(C)(C)O)NC4=O)n1)N=C(C)Cl. The topological polar surface area (TPSA) is 140 Å². The largest absolute Gasteiger partial charge is 0.392 e. The maximum absolute atomic E-state index is 13.1. The first kappa shape index (κ1) is 24.8. The van der Waals surface area contributed by atoms with E-state index >= 15 is 0 Å². The van der Waals surface area contributed by atoms with E-state index in [1.54, 1.807) is 13.0 Å². The lowest BCUT2D eigenvalue weighted by molar-refractivity contribution is -0.0228. The number of amides is 1. The lowest BCUT2D eigenvalue weighted by atomic mass is 9.96. The van der Waals surface area contributed by atoms with E-state index in [2.05, 4.69) is 22.2 Å². The number of nitrogens with zero attached hydrogens (tertiary/aromatic N) is 2. The first-order valence-corrected chi connectivity index (χ1v) is 12.4. The van der Waals surface area contributed by atoms with Gasteiger partial charge in [0.25, 0.3) is 5.91 Å². The molecular formula is C25H25ClN4O5S. The second-order valence-corrected chi connectivity index (χ2v) is 10.9. The van der Waals surface area contributed by atoms with Crippen LogP contribution >= 0.6 is 22.9 Å². The van der Waals surface area contributed by atoms with Gasteiger partial charge in [0.05, 0.1) is 23.5 Å². The van der Waals surface area contributed by atoms with Crippen LogP contribution in [-0.4, -0.2) is 55.2 Å². The van der Waals surface area contributed by atoms with Gasteiger partial charge in [-0.2, -0.15) is 0 Å². The number of aliphatic hydroxyl groups is 3. The molecule has 2 atom stereocenters. The molecule has 188 valence electrons. The van der Waals surface area contributed by atoms with Crippen LogP contribution in [0.25, 0.3) is 21.0 Å². The Morgan fingerprint density at radius 2 is 2.08 bits per heavy atom. The Kier molecular flexibility index (Phi) is 5.75. The van der Waals surface area contributed by atoms with Crippen molar-refractivity contribution in [2.75, 3.05) is 11.9 Å². The standard InChI is InChI=1S/C25H25ClN4O5S/c1-5-13(11-31)17(27-12(2)26)10-14-6-7-15-16(28-14)8-9-18-19(15)20-21(36-18)22(32)30-24(23(3,4)33)25(34,29-20)35-24/h5-9,29,31,33-34H,1,10-11H2,2-4H3,(H,30,32)/b17-13+,27-12?. The Morgan fingerprint density at radius 3 is 2.72 bits per heavy atom. The number of carbonyl (C=O) groups excluding carboxylic acids is 1.